The lowest BCUT2D eigenvalue weighted by Gasteiger charge is -2.18. The van der Waals surface area contributed by atoms with Crippen LogP contribution in [-0.4, -0.2) is 5.88 Å². The molecule has 0 amide bonds. The van der Waals surface area contributed by atoms with Gasteiger partial charge in [0.2, 0.25) is 0 Å². The predicted molar refractivity (Wildman–Crippen MR) is 43.9 cm³/mol. The fourth-order valence-corrected chi connectivity index (χ4v) is 1.08. The molecule has 2 heteroatoms. The summed E-state index contributed by atoms with van der Waals surface area (Å²) < 4.78 is 0. The van der Waals surface area contributed by atoms with Crippen molar-refractivity contribution < 1.29 is 0 Å². The van der Waals surface area contributed by atoms with Crippen molar-refractivity contribution in [1.29, 1.82) is 5.26 Å². The Bertz CT molecular complexity index is 135. The third-order valence-corrected chi connectivity index (χ3v) is 1.95. The molecule has 0 aliphatic rings. The molecule has 0 fully saturated rings. The molecule has 0 radical (unpaired) electrons. The lowest BCUT2D eigenvalue weighted by Crippen LogP contribution is -2.13. The third-order valence-electron chi connectivity index (χ3n) is 1.42. The van der Waals surface area contributed by atoms with Crippen LogP contribution in [0.4, 0.5) is 0 Å². The van der Waals surface area contributed by atoms with E-state index in [-0.39, 0.29) is 5.41 Å². The molecule has 1 unspecified atom stereocenters. The summed E-state index contributed by atoms with van der Waals surface area (Å²) in [4.78, 5) is 0. The summed E-state index contributed by atoms with van der Waals surface area (Å²) >= 11 is 5.61. The Labute approximate surface area is 68.0 Å². The largest absolute Gasteiger partial charge is 0.198 e. The SMILES string of the molecule is CC(CCl)CC(C)(C)C#N. The van der Waals surface area contributed by atoms with E-state index in [4.69, 9.17) is 16.9 Å². The molecule has 10 heavy (non-hydrogen) atoms. The van der Waals surface area contributed by atoms with Crippen LogP contribution in [0.3, 0.4) is 0 Å². The summed E-state index contributed by atoms with van der Waals surface area (Å²) in [5.41, 5.74) is -0.214. The monoisotopic (exact) mass is 159 g/mol. The molecule has 0 aromatic carbocycles. The van der Waals surface area contributed by atoms with Gasteiger partial charge in [0.05, 0.1) is 11.5 Å². The van der Waals surface area contributed by atoms with E-state index in [0.717, 1.165) is 6.42 Å². The first-order chi connectivity index (χ1) is 4.52. The van der Waals surface area contributed by atoms with E-state index >= 15 is 0 Å². The second-order valence-corrected chi connectivity index (χ2v) is 3.77. The van der Waals surface area contributed by atoms with Gasteiger partial charge in [-0.25, -0.2) is 0 Å². The Hall–Kier alpha value is -0.220. The zero-order valence-corrected chi connectivity index (χ0v) is 7.57. The zero-order chi connectivity index (χ0) is 8.20. The van der Waals surface area contributed by atoms with Gasteiger partial charge in [-0.15, -0.1) is 11.6 Å². The quantitative estimate of drug-likeness (QED) is 0.581. The second-order valence-electron chi connectivity index (χ2n) is 3.46. The van der Waals surface area contributed by atoms with Crippen molar-refractivity contribution in [2.75, 3.05) is 5.88 Å². The molecule has 0 N–H and O–H groups in total. The van der Waals surface area contributed by atoms with Gasteiger partial charge in [0.1, 0.15) is 0 Å². The predicted octanol–water partition coefficient (Wildman–Crippen LogP) is 2.80. The lowest BCUT2D eigenvalue weighted by atomic mass is 9.86. The molecule has 0 bridgehead atoms. The molecule has 0 aromatic rings. The molecule has 0 saturated heterocycles. The molecule has 0 aliphatic heterocycles. The van der Waals surface area contributed by atoms with Crippen molar-refractivity contribution in [3.8, 4) is 6.07 Å². The topological polar surface area (TPSA) is 23.8 Å². The van der Waals surface area contributed by atoms with Gasteiger partial charge >= 0.3 is 0 Å². The smallest absolute Gasteiger partial charge is 0.0684 e. The maximum Gasteiger partial charge on any atom is 0.0684 e. The molecule has 1 atom stereocenters. The van der Waals surface area contributed by atoms with Crippen LogP contribution in [0.2, 0.25) is 0 Å². The Morgan fingerprint density at radius 2 is 2.10 bits per heavy atom. The minimum Gasteiger partial charge on any atom is -0.198 e. The number of hydrogen-bond donors (Lipinski definition) is 0. The van der Waals surface area contributed by atoms with Crippen molar-refractivity contribution in [1.82, 2.24) is 0 Å². The standard InChI is InChI=1S/C8H14ClN/c1-7(5-9)4-8(2,3)6-10/h7H,4-5H2,1-3H3. The molecule has 0 heterocycles. The molecular weight excluding hydrogens is 146 g/mol. The maximum atomic E-state index is 8.65. The number of rotatable bonds is 3. The number of nitrogens with zero attached hydrogens (tertiary/aromatic N) is 1. The highest BCUT2D eigenvalue weighted by atomic mass is 35.5. The van der Waals surface area contributed by atoms with Crippen LogP contribution in [0.25, 0.3) is 0 Å². The van der Waals surface area contributed by atoms with Crippen LogP contribution in [0.1, 0.15) is 27.2 Å². The van der Waals surface area contributed by atoms with E-state index in [9.17, 15) is 0 Å². The summed E-state index contributed by atoms with van der Waals surface area (Å²) in [6.07, 6.45) is 0.882. The van der Waals surface area contributed by atoms with Crippen LogP contribution in [0, 0.1) is 22.7 Å². The van der Waals surface area contributed by atoms with Gasteiger partial charge in [0.15, 0.2) is 0 Å². The molecule has 0 spiro atoms. The highest BCUT2D eigenvalue weighted by Crippen LogP contribution is 2.24. The first-order valence-electron chi connectivity index (χ1n) is 3.49. The van der Waals surface area contributed by atoms with Gasteiger partial charge in [0, 0.05) is 5.88 Å². The summed E-state index contributed by atoms with van der Waals surface area (Å²) in [7, 11) is 0. The fourth-order valence-electron chi connectivity index (χ4n) is 0.971. The average molecular weight is 160 g/mol. The summed E-state index contributed by atoms with van der Waals surface area (Å²) in [6.45, 7) is 5.94. The number of nitriles is 1. The Balaban J connectivity index is 3.79. The Morgan fingerprint density at radius 1 is 1.60 bits per heavy atom. The lowest BCUT2D eigenvalue weighted by molar-refractivity contribution is 0.379. The van der Waals surface area contributed by atoms with Crippen LogP contribution in [0.5, 0.6) is 0 Å². The maximum absolute atomic E-state index is 8.65. The van der Waals surface area contributed by atoms with E-state index < -0.39 is 0 Å². The van der Waals surface area contributed by atoms with Crippen LogP contribution < -0.4 is 0 Å². The van der Waals surface area contributed by atoms with E-state index in [0.29, 0.717) is 11.8 Å². The van der Waals surface area contributed by atoms with Crippen LogP contribution >= 0.6 is 11.6 Å². The summed E-state index contributed by atoms with van der Waals surface area (Å²) in [5, 5.41) is 8.65. The first kappa shape index (κ1) is 9.78. The minimum absolute atomic E-state index is 0.214. The number of hydrogen-bond acceptors (Lipinski definition) is 1. The Morgan fingerprint density at radius 3 is 2.40 bits per heavy atom. The molecule has 0 aromatic heterocycles. The number of halogens is 1. The Kier molecular flexibility index (Phi) is 3.75. The van der Waals surface area contributed by atoms with E-state index in [1.807, 2.05) is 13.8 Å². The van der Waals surface area contributed by atoms with Crippen LogP contribution in [-0.2, 0) is 0 Å². The average Bonchev–Trinajstić information content (AvgIpc) is 1.87. The van der Waals surface area contributed by atoms with Gasteiger partial charge in [0.25, 0.3) is 0 Å². The molecule has 0 aliphatic carbocycles. The normalized spacial score (nSPS) is 14.3. The van der Waals surface area contributed by atoms with Crippen molar-refractivity contribution >= 4 is 11.6 Å². The molecular formula is C8H14ClN. The molecule has 0 rings (SSSR count). The van der Waals surface area contributed by atoms with E-state index in [2.05, 4.69) is 13.0 Å². The second kappa shape index (κ2) is 3.83. The summed E-state index contributed by atoms with van der Waals surface area (Å²) in [5.74, 6) is 1.08. The van der Waals surface area contributed by atoms with E-state index in [1.165, 1.54) is 0 Å². The van der Waals surface area contributed by atoms with Gasteiger partial charge in [-0.3, -0.25) is 0 Å². The summed E-state index contributed by atoms with van der Waals surface area (Å²) in [6, 6.07) is 2.25. The van der Waals surface area contributed by atoms with Gasteiger partial charge < -0.3 is 0 Å². The van der Waals surface area contributed by atoms with Crippen molar-refractivity contribution in [3.05, 3.63) is 0 Å². The van der Waals surface area contributed by atoms with Gasteiger partial charge in [-0.2, -0.15) is 5.26 Å². The fraction of sp³-hybridized carbons (Fsp3) is 0.875. The highest BCUT2D eigenvalue weighted by molar-refractivity contribution is 6.18. The zero-order valence-electron chi connectivity index (χ0n) is 6.82. The number of alkyl halides is 1. The molecule has 1 nitrogen and oxygen atoms in total. The van der Waals surface area contributed by atoms with E-state index in [1.54, 1.807) is 0 Å². The van der Waals surface area contributed by atoms with Gasteiger partial charge in [-0.1, -0.05) is 6.92 Å². The van der Waals surface area contributed by atoms with Crippen molar-refractivity contribution in [3.63, 3.8) is 0 Å². The molecule has 0 saturated carbocycles. The van der Waals surface area contributed by atoms with Crippen molar-refractivity contribution in [2.45, 2.75) is 27.2 Å². The van der Waals surface area contributed by atoms with Crippen molar-refractivity contribution in [2.24, 2.45) is 11.3 Å². The third kappa shape index (κ3) is 3.74. The van der Waals surface area contributed by atoms with Gasteiger partial charge in [-0.05, 0) is 26.2 Å². The molecule has 58 valence electrons. The van der Waals surface area contributed by atoms with Crippen LogP contribution in [0.15, 0.2) is 0 Å². The minimum atomic E-state index is -0.214. The first-order valence-corrected chi connectivity index (χ1v) is 4.02. The highest BCUT2D eigenvalue weighted by Gasteiger charge is 2.19.